The van der Waals surface area contributed by atoms with E-state index in [2.05, 4.69) is 17.4 Å². The van der Waals surface area contributed by atoms with Gasteiger partial charge in [0.05, 0.1) is 19.0 Å². The van der Waals surface area contributed by atoms with E-state index in [4.69, 9.17) is 20.8 Å². The number of aliphatic hydroxyl groups excluding tert-OH is 1. The second kappa shape index (κ2) is 7.49. The van der Waals surface area contributed by atoms with E-state index in [9.17, 15) is 5.11 Å². The first kappa shape index (κ1) is 16.5. The Morgan fingerprint density at radius 1 is 1.26 bits per heavy atom. The lowest BCUT2D eigenvalue weighted by Crippen LogP contribution is -2.51. The average molecular weight is 336 g/mol. The van der Waals surface area contributed by atoms with Crippen molar-refractivity contribution in [3.8, 4) is 0 Å². The van der Waals surface area contributed by atoms with Crippen LogP contribution in [0.25, 0.3) is 0 Å². The third kappa shape index (κ3) is 4.15. The van der Waals surface area contributed by atoms with Gasteiger partial charge in [-0.3, -0.25) is 0 Å². The largest absolute Gasteiger partial charge is 0.467 e. The molecular formula is C18H22ClNO3. The van der Waals surface area contributed by atoms with Crippen LogP contribution in [0.4, 0.5) is 0 Å². The highest BCUT2D eigenvalue weighted by atomic mass is 35.5. The molecule has 5 heteroatoms. The first-order chi connectivity index (χ1) is 11.2. The van der Waals surface area contributed by atoms with E-state index in [-0.39, 0.29) is 12.1 Å². The summed E-state index contributed by atoms with van der Waals surface area (Å²) < 4.78 is 10.7. The first-order valence-electron chi connectivity index (χ1n) is 7.97. The summed E-state index contributed by atoms with van der Waals surface area (Å²) in [5, 5.41) is 14.4. The molecule has 1 saturated carbocycles. The minimum atomic E-state index is -0.547. The molecule has 1 aromatic carbocycles. The molecule has 1 aliphatic rings. The van der Waals surface area contributed by atoms with Crippen molar-refractivity contribution in [3.05, 3.63) is 59.0 Å². The zero-order chi connectivity index (χ0) is 16.1. The van der Waals surface area contributed by atoms with E-state index in [1.165, 1.54) is 12.0 Å². The van der Waals surface area contributed by atoms with Crippen LogP contribution in [0.1, 0.15) is 30.6 Å². The maximum absolute atomic E-state index is 10.1. The van der Waals surface area contributed by atoms with Crippen LogP contribution in [0.2, 0.25) is 5.02 Å². The second-order valence-electron chi connectivity index (χ2n) is 6.07. The maximum Gasteiger partial charge on any atom is 0.129 e. The number of aliphatic hydroxyl groups is 1. The second-order valence-corrected chi connectivity index (χ2v) is 6.51. The standard InChI is InChI=1S/C18H22ClNO3/c19-15-6-4-14(5-7-15)18(8-2-9-18)20-11-16(21)12-22-13-17-3-1-10-23-17/h1,3-7,10,16,20-21H,2,8-9,11-13H2. The quantitative estimate of drug-likeness (QED) is 0.775. The van der Waals surface area contributed by atoms with E-state index in [1.54, 1.807) is 6.26 Å². The molecule has 0 aliphatic heterocycles. The highest BCUT2D eigenvalue weighted by molar-refractivity contribution is 6.30. The van der Waals surface area contributed by atoms with Crippen molar-refractivity contribution in [3.63, 3.8) is 0 Å². The summed E-state index contributed by atoms with van der Waals surface area (Å²) in [6.45, 7) is 1.16. The smallest absolute Gasteiger partial charge is 0.129 e. The third-order valence-corrected chi connectivity index (χ3v) is 4.67. The lowest BCUT2D eigenvalue weighted by atomic mass is 9.72. The van der Waals surface area contributed by atoms with E-state index in [0.29, 0.717) is 13.2 Å². The van der Waals surface area contributed by atoms with Gasteiger partial charge in [0, 0.05) is 17.1 Å². The van der Waals surface area contributed by atoms with Crippen molar-refractivity contribution in [1.29, 1.82) is 0 Å². The SMILES string of the molecule is OC(CNC1(c2ccc(Cl)cc2)CCC1)COCc1ccco1. The predicted octanol–water partition coefficient (Wildman–Crippen LogP) is 3.48. The van der Waals surface area contributed by atoms with Crippen molar-refractivity contribution in [1.82, 2.24) is 5.32 Å². The molecular weight excluding hydrogens is 314 g/mol. The molecule has 124 valence electrons. The molecule has 0 radical (unpaired) electrons. The Bertz CT molecular complexity index is 593. The zero-order valence-electron chi connectivity index (χ0n) is 13.0. The molecule has 1 aromatic heterocycles. The van der Waals surface area contributed by atoms with Gasteiger partial charge in [0.2, 0.25) is 0 Å². The Morgan fingerprint density at radius 3 is 2.65 bits per heavy atom. The number of nitrogens with one attached hydrogen (secondary N) is 1. The average Bonchev–Trinajstić information content (AvgIpc) is 3.01. The van der Waals surface area contributed by atoms with Crippen LogP contribution < -0.4 is 5.32 Å². The van der Waals surface area contributed by atoms with Crippen molar-refractivity contribution in [2.45, 2.75) is 37.5 Å². The Morgan fingerprint density at radius 2 is 2.04 bits per heavy atom. The molecule has 4 nitrogen and oxygen atoms in total. The molecule has 0 saturated heterocycles. The summed E-state index contributed by atoms with van der Waals surface area (Å²) in [5.41, 5.74) is 1.20. The molecule has 2 N–H and O–H groups in total. The third-order valence-electron chi connectivity index (χ3n) is 4.41. The highest BCUT2D eigenvalue weighted by Gasteiger charge is 2.38. The summed E-state index contributed by atoms with van der Waals surface area (Å²) >= 11 is 5.97. The Kier molecular flexibility index (Phi) is 5.38. The van der Waals surface area contributed by atoms with E-state index < -0.39 is 6.10 Å². The molecule has 1 heterocycles. The first-order valence-corrected chi connectivity index (χ1v) is 8.35. The molecule has 3 rings (SSSR count). The van der Waals surface area contributed by atoms with E-state index >= 15 is 0 Å². The Labute approximate surface area is 141 Å². The van der Waals surface area contributed by atoms with Crippen molar-refractivity contribution >= 4 is 11.6 Å². The highest BCUT2D eigenvalue weighted by Crippen LogP contribution is 2.41. The molecule has 0 spiro atoms. The van der Waals surface area contributed by atoms with Gasteiger partial charge in [-0.05, 0) is 49.1 Å². The van der Waals surface area contributed by atoms with Gasteiger partial charge >= 0.3 is 0 Å². The molecule has 1 fully saturated rings. The monoisotopic (exact) mass is 335 g/mol. The van der Waals surface area contributed by atoms with Gasteiger partial charge in [0.15, 0.2) is 0 Å². The lowest BCUT2D eigenvalue weighted by Gasteiger charge is -2.44. The van der Waals surface area contributed by atoms with Crippen LogP contribution in [0.15, 0.2) is 47.1 Å². The van der Waals surface area contributed by atoms with Gasteiger partial charge in [0.1, 0.15) is 12.4 Å². The number of hydrogen-bond acceptors (Lipinski definition) is 4. The molecule has 23 heavy (non-hydrogen) atoms. The van der Waals surface area contributed by atoms with Gasteiger partial charge in [-0.2, -0.15) is 0 Å². The number of benzene rings is 1. The lowest BCUT2D eigenvalue weighted by molar-refractivity contribution is 0.0148. The minimum absolute atomic E-state index is 0.0351. The van der Waals surface area contributed by atoms with Crippen LogP contribution >= 0.6 is 11.6 Å². The molecule has 1 aliphatic carbocycles. The van der Waals surface area contributed by atoms with E-state index in [0.717, 1.165) is 23.6 Å². The van der Waals surface area contributed by atoms with Gasteiger partial charge < -0.3 is 19.6 Å². The summed E-state index contributed by atoms with van der Waals surface area (Å²) in [6, 6.07) is 11.6. The zero-order valence-corrected chi connectivity index (χ0v) is 13.8. The normalized spacial score (nSPS) is 17.7. The van der Waals surface area contributed by atoms with Crippen LogP contribution in [-0.2, 0) is 16.9 Å². The molecule has 2 aromatic rings. The fourth-order valence-corrected chi connectivity index (χ4v) is 3.06. The maximum atomic E-state index is 10.1. The fraction of sp³-hybridized carbons (Fsp3) is 0.444. The van der Waals surface area contributed by atoms with Crippen LogP contribution in [-0.4, -0.2) is 24.4 Å². The van der Waals surface area contributed by atoms with Crippen molar-refractivity contribution < 1.29 is 14.3 Å². The van der Waals surface area contributed by atoms with Crippen LogP contribution in [0, 0.1) is 0 Å². The van der Waals surface area contributed by atoms with E-state index in [1.807, 2.05) is 24.3 Å². The van der Waals surface area contributed by atoms with Gasteiger partial charge in [-0.15, -0.1) is 0 Å². The topological polar surface area (TPSA) is 54.6 Å². The van der Waals surface area contributed by atoms with Crippen molar-refractivity contribution in [2.75, 3.05) is 13.2 Å². The predicted molar refractivity (Wildman–Crippen MR) is 89.4 cm³/mol. The number of furan rings is 1. The summed E-state index contributed by atoms with van der Waals surface area (Å²) in [6.07, 6.45) is 4.42. The number of hydrogen-bond donors (Lipinski definition) is 2. The number of halogens is 1. The van der Waals surface area contributed by atoms with Gasteiger partial charge in [-0.1, -0.05) is 23.7 Å². The number of ether oxygens (including phenoxy) is 1. The van der Waals surface area contributed by atoms with Gasteiger partial charge in [0.25, 0.3) is 0 Å². The Balaban J connectivity index is 1.46. The molecule has 0 bridgehead atoms. The molecule has 1 unspecified atom stereocenters. The van der Waals surface area contributed by atoms with Gasteiger partial charge in [-0.25, -0.2) is 0 Å². The summed E-state index contributed by atoms with van der Waals surface area (Å²) in [5.74, 6) is 0.766. The minimum Gasteiger partial charge on any atom is -0.467 e. The summed E-state index contributed by atoms with van der Waals surface area (Å²) in [7, 11) is 0. The van der Waals surface area contributed by atoms with Crippen molar-refractivity contribution in [2.24, 2.45) is 0 Å². The summed E-state index contributed by atoms with van der Waals surface area (Å²) in [4.78, 5) is 0. The molecule has 1 atom stereocenters. The fourth-order valence-electron chi connectivity index (χ4n) is 2.93. The van der Waals surface area contributed by atoms with Crippen LogP contribution in [0.3, 0.4) is 0 Å². The molecule has 0 amide bonds. The number of rotatable bonds is 8. The Hall–Kier alpha value is -1.33. The van der Waals surface area contributed by atoms with Crippen LogP contribution in [0.5, 0.6) is 0 Å².